The van der Waals surface area contributed by atoms with Gasteiger partial charge in [-0.3, -0.25) is 4.68 Å². The van der Waals surface area contributed by atoms with Gasteiger partial charge in [0.1, 0.15) is 11.2 Å². The fraction of sp³-hybridized carbons (Fsp3) is 0.273. The molecule has 0 radical (unpaired) electrons. The number of hydrogen-bond acceptors (Lipinski definition) is 5. The van der Waals surface area contributed by atoms with E-state index in [1.165, 1.54) is 23.1 Å². The first-order valence-corrected chi connectivity index (χ1v) is 8.09. The highest BCUT2D eigenvalue weighted by Gasteiger charge is 2.21. The lowest BCUT2D eigenvalue weighted by atomic mass is 10.2. The third kappa shape index (κ3) is 3.72. The van der Waals surface area contributed by atoms with E-state index in [0.717, 1.165) is 0 Å². The molecule has 0 saturated heterocycles. The summed E-state index contributed by atoms with van der Waals surface area (Å²) < 4.78 is 28.4. The smallest absolute Gasteiger partial charge is 0.242 e. The second-order valence-electron chi connectivity index (χ2n) is 4.24. The van der Waals surface area contributed by atoms with Crippen LogP contribution in [0.1, 0.15) is 11.4 Å². The molecule has 2 aromatic rings. The van der Waals surface area contributed by atoms with Crippen molar-refractivity contribution in [2.24, 2.45) is 12.8 Å². The molecule has 114 valence electrons. The van der Waals surface area contributed by atoms with Crippen LogP contribution in [-0.4, -0.2) is 23.2 Å². The maximum absolute atomic E-state index is 12.3. The molecule has 0 amide bonds. The Kier molecular flexibility index (Phi) is 4.84. The average Bonchev–Trinajstić information content (AvgIpc) is 2.84. The van der Waals surface area contributed by atoms with Gasteiger partial charge in [-0.2, -0.15) is 5.10 Å². The van der Waals surface area contributed by atoms with Crippen LogP contribution in [0.2, 0.25) is 10.0 Å². The van der Waals surface area contributed by atoms with E-state index >= 15 is 0 Å². The van der Waals surface area contributed by atoms with Gasteiger partial charge in [0.25, 0.3) is 0 Å². The molecule has 0 bridgehead atoms. The molecule has 1 aromatic carbocycles. The zero-order valence-electron chi connectivity index (χ0n) is 11.0. The summed E-state index contributed by atoms with van der Waals surface area (Å²) in [5.74, 6) is 0.346. The molecule has 10 heteroatoms. The zero-order valence-corrected chi connectivity index (χ0v) is 13.4. The number of aryl methyl sites for hydroxylation is 1. The molecule has 0 saturated carbocycles. The molecule has 3 N–H and O–H groups in total. The van der Waals surface area contributed by atoms with Crippen molar-refractivity contribution < 1.29 is 8.42 Å². The van der Waals surface area contributed by atoms with E-state index in [0.29, 0.717) is 11.4 Å². The third-order valence-electron chi connectivity index (χ3n) is 2.66. The first-order valence-electron chi connectivity index (χ1n) is 5.85. The molecule has 1 heterocycles. The number of benzene rings is 1. The summed E-state index contributed by atoms with van der Waals surface area (Å²) in [7, 11) is -2.16. The first-order chi connectivity index (χ1) is 9.83. The van der Waals surface area contributed by atoms with Crippen LogP contribution in [0.15, 0.2) is 23.4 Å². The van der Waals surface area contributed by atoms with Crippen LogP contribution in [0, 0.1) is 0 Å². The average molecular weight is 350 g/mol. The highest BCUT2D eigenvalue weighted by molar-refractivity contribution is 7.89. The van der Waals surface area contributed by atoms with E-state index in [1.54, 1.807) is 7.05 Å². The molecular weight excluding hydrogens is 337 g/mol. The van der Waals surface area contributed by atoms with E-state index < -0.39 is 10.0 Å². The van der Waals surface area contributed by atoms with Gasteiger partial charge in [0, 0.05) is 18.6 Å². The summed E-state index contributed by atoms with van der Waals surface area (Å²) in [5, 5.41) is 4.29. The van der Waals surface area contributed by atoms with Gasteiger partial charge in [0.15, 0.2) is 5.82 Å². The predicted molar refractivity (Wildman–Crippen MR) is 79.4 cm³/mol. The van der Waals surface area contributed by atoms with Crippen LogP contribution in [0.25, 0.3) is 0 Å². The fourth-order valence-electron chi connectivity index (χ4n) is 1.66. The van der Waals surface area contributed by atoms with Gasteiger partial charge in [-0.05, 0) is 17.7 Å². The van der Waals surface area contributed by atoms with Gasteiger partial charge in [0.2, 0.25) is 10.0 Å². The molecule has 21 heavy (non-hydrogen) atoms. The Morgan fingerprint density at radius 2 is 2.10 bits per heavy atom. The first kappa shape index (κ1) is 16.2. The van der Waals surface area contributed by atoms with E-state index in [9.17, 15) is 8.42 Å². The lowest BCUT2D eigenvalue weighted by Gasteiger charge is -2.10. The van der Waals surface area contributed by atoms with Crippen molar-refractivity contribution in [2.75, 3.05) is 0 Å². The lowest BCUT2D eigenvalue weighted by Crippen LogP contribution is -2.24. The van der Waals surface area contributed by atoms with Gasteiger partial charge in [-0.15, -0.1) is 0 Å². The topological polar surface area (TPSA) is 103 Å². The Morgan fingerprint density at radius 3 is 2.67 bits per heavy atom. The third-order valence-corrected chi connectivity index (χ3v) is 4.86. The normalized spacial score (nSPS) is 11.8. The summed E-state index contributed by atoms with van der Waals surface area (Å²) >= 11 is 12.0. The second-order valence-corrected chi connectivity index (χ2v) is 6.79. The molecular formula is C11H13Cl2N5O2S. The Balaban J connectivity index is 2.29. The summed E-state index contributed by atoms with van der Waals surface area (Å²) in [5.41, 5.74) is 5.98. The Hall–Kier alpha value is -1.19. The number of nitrogens with zero attached hydrogens (tertiary/aromatic N) is 3. The monoisotopic (exact) mass is 349 g/mol. The van der Waals surface area contributed by atoms with Gasteiger partial charge < -0.3 is 5.73 Å². The Bertz CT molecular complexity index is 760. The summed E-state index contributed by atoms with van der Waals surface area (Å²) in [4.78, 5) is 3.81. The van der Waals surface area contributed by atoms with E-state index in [1.807, 2.05) is 0 Å². The molecule has 0 spiro atoms. The number of nitrogens with two attached hydrogens (primary N) is 1. The molecule has 0 aliphatic carbocycles. The van der Waals surface area contributed by atoms with Crippen LogP contribution in [-0.2, 0) is 30.2 Å². The molecule has 0 atom stereocenters. The molecule has 1 aromatic heterocycles. The molecule has 2 rings (SSSR count). The van der Waals surface area contributed by atoms with Crippen LogP contribution in [0.3, 0.4) is 0 Å². The summed E-state index contributed by atoms with van der Waals surface area (Å²) in [6.45, 7) is 0.0354. The van der Waals surface area contributed by atoms with Crippen molar-refractivity contribution in [1.29, 1.82) is 0 Å². The van der Waals surface area contributed by atoms with Gasteiger partial charge in [0.05, 0.1) is 11.6 Å². The minimum atomic E-state index is -3.85. The maximum Gasteiger partial charge on any atom is 0.242 e. The number of hydrogen-bond donors (Lipinski definition) is 2. The molecule has 0 unspecified atom stereocenters. The Morgan fingerprint density at radius 1 is 1.38 bits per heavy atom. The summed E-state index contributed by atoms with van der Waals surface area (Å²) in [6, 6.07) is 2.81. The van der Waals surface area contributed by atoms with Crippen LogP contribution < -0.4 is 10.5 Å². The van der Waals surface area contributed by atoms with Gasteiger partial charge >= 0.3 is 0 Å². The van der Waals surface area contributed by atoms with Crippen molar-refractivity contribution in [1.82, 2.24) is 19.5 Å². The van der Waals surface area contributed by atoms with E-state index in [-0.39, 0.29) is 28.0 Å². The molecule has 0 fully saturated rings. The minimum Gasteiger partial charge on any atom is -0.326 e. The van der Waals surface area contributed by atoms with Crippen LogP contribution >= 0.6 is 23.2 Å². The van der Waals surface area contributed by atoms with Crippen LogP contribution in [0.4, 0.5) is 0 Å². The van der Waals surface area contributed by atoms with Crippen molar-refractivity contribution in [3.8, 4) is 0 Å². The van der Waals surface area contributed by atoms with Crippen molar-refractivity contribution >= 4 is 33.2 Å². The minimum absolute atomic E-state index is 0.0516. The number of nitrogens with one attached hydrogen (secondary N) is 1. The largest absolute Gasteiger partial charge is 0.326 e. The van der Waals surface area contributed by atoms with Gasteiger partial charge in [-0.1, -0.05) is 23.2 Å². The van der Waals surface area contributed by atoms with Crippen molar-refractivity contribution in [3.05, 3.63) is 39.9 Å². The van der Waals surface area contributed by atoms with Crippen molar-refractivity contribution in [2.45, 2.75) is 18.0 Å². The maximum atomic E-state index is 12.3. The van der Waals surface area contributed by atoms with Crippen LogP contribution in [0.5, 0.6) is 0 Å². The van der Waals surface area contributed by atoms with E-state index in [4.69, 9.17) is 28.9 Å². The quantitative estimate of drug-likeness (QED) is 0.839. The molecule has 7 nitrogen and oxygen atoms in total. The SMILES string of the molecule is Cn1cnc(CNS(=O)(=O)c2cc(Cl)cc(CN)c2Cl)n1. The lowest BCUT2D eigenvalue weighted by molar-refractivity contribution is 0.578. The summed E-state index contributed by atoms with van der Waals surface area (Å²) in [6.07, 6.45) is 1.47. The standard InChI is InChI=1S/C11H13Cl2N5O2S/c1-18-6-15-10(17-18)5-16-21(19,20)9-3-8(12)2-7(4-14)11(9)13/h2-3,6,16H,4-5,14H2,1H3. The number of halogens is 2. The van der Waals surface area contributed by atoms with Crippen molar-refractivity contribution in [3.63, 3.8) is 0 Å². The molecule has 0 aliphatic rings. The second kappa shape index (κ2) is 6.29. The Labute approximate surface area is 132 Å². The number of sulfonamides is 1. The highest BCUT2D eigenvalue weighted by atomic mass is 35.5. The number of aromatic nitrogens is 3. The van der Waals surface area contributed by atoms with Gasteiger partial charge in [-0.25, -0.2) is 18.1 Å². The number of rotatable bonds is 5. The highest BCUT2D eigenvalue weighted by Crippen LogP contribution is 2.29. The molecule has 0 aliphatic heterocycles. The zero-order chi connectivity index (χ0) is 15.6. The predicted octanol–water partition coefficient (Wildman–Crippen LogP) is 1.06. The van der Waals surface area contributed by atoms with E-state index in [2.05, 4.69) is 14.8 Å². The fourth-order valence-corrected chi connectivity index (χ4v) is 3.58.